The molecule has 0 amide bonds. The van der Waals surface area contributed by atoms with Crippen molar-refractivity contribution in [3.05, 3.63) is 46.0 Å². The van der Waals surface area contributed by atoms with Crippen molar-refractivity contribution < 1.29 is 8.78 Å². The van der Waals surface area contributed by atoms with Crippen molar-refractivity contribution in [2.24, 2.45) is 5.73 Å². The number of hydrogen-bond acceptors (Lipinski definition) is 4. The van der Waals surface area contributed by atoms with E-state index in [-0.39, 0.29) is 5.41 Å². The van der Waals surface area contributed by atoms with Crippen molar-refractivity contribution in [3.63, 3.8) is 0 Å². The molecule has 1 unspecified atom stereocenters. The first-order chi connectivity index (χ1) is 9.29. The second-order valence-electron chi connectivity index (χ2n) is 5.78. The van der Waals surface area contributed by atoms with Crippen LogP contribution in [-0.4, -0.2) is 9.59 Å². The smallest absolute Gasteiger partial charge is 0.129 e. The van der Waals surface area contributed by atoms with Crippen LogP contribution in [0.2, 0.25) is 0 Å². The summed E-state index contributed by atoms with van der Waals surface area (Å²) in [6, 6.07) is 3.14. The van der Waals surface area contributed by atoms with Crippen LogP contribution in [0.1, 0.15) is 42.9 Å². The van der Waals surface area contributed by atoms with Crippen molar-refractivity contribution in [2.75, 3.05) is 0 Å². The molecule has 0 aliphatic heterocycles. The van der Waals surface area contributed by atoms with E-state index in [0.717, 1.165) is 16.6 Å². The Balaban J connectivity index is 2.25. The summed E-state index contributed by atoms with van der Waals surface area (Å²) in [4.78, 5) is 0.848. The van der Waals surface area contributed by atoms with Gasteiger partial charge in [-0.05, 0) is 29.6 Å². The summed E-state index contributed by atoms with van der Waals surface area (Å²) in [5, 5.41) is 4.12. The molecule has 2 aromatic rings. The van der Waals surface area contributed by atoms with E-state index in [2.05, 4.69) is 9.59 Å². The Kier molecular flexibility index (Phi) is 4.15. The van der Waals surface area contributed by atoms with Crippen molar-refractivity contribution in [2.45, 2.75) is 38.6 Å². The molecule has 0 bridgehead atoms. The normalized spacial score (nSPS) is 13.5. The molecule has 0 radical (unpaired) electrons. The lowest BCUT2D eigenvalue weighted by Crippen LogP contribution is -2.20. The van der Waals surface area contributed by atoms with Crippen LogP contribution in [-0.2, 0) is 11.8 Å². The SMILES string of the molecule is CC(C)(C)c1nnsc1C(N)Cc1ccc(F)cc1F. The lowest BCUT2D eigenvalue weighted by Gasteiger charge is -2.19. The van der Waals surface area contributed by atoms with E-state index < -0.39 is 17.7 Å². The molecule has 3 nitrogen and oxygen atoms in total. The molecular weight excluding hydrogens is 280 g/mol. The topological polar surface area (TPSA) is 51.8 Å². The Morgan fingerprint density at radius 2 is 2.00 bits per heavy atom. The van der Waals surface area contributed by atoms with E-state index in [4.69, 9.17) is 5.73 Å². The molecule has 20 heavy (non-hydrogen) atoms. The zero-order valence-corrected chi connectivity index (χ0v) is 12.5. The molecule has 0 saturated carbocycles. The minimum absolute atomic E-state index is 0.165. The summed E-state index contributed by atoms with van der Waals surface area (Å²) in [5.41, 5.74) is 7.21. The van der Waals surface area contributed by atoms with Crippen LogP contribution in [0.25, 0.3) is 0 Å². The number of halogens is 2. The second-order valence-corrected chi connectivity index (χ2v) is 6.57. The molecule has 1 atom stereocenters. The lowest BCUT2D eigenvalue weighted by atomic mass is 9.89. The fourth-order valence-corrected chi connectivity index (χ4v) is 2.84. The predicted molar refractivity (Wildman–Crippen MR) is 75.6 cm³/mol. The molecule has 0 fully saturated rings. The summed E-state index contributed by atoms with van der Waals surface area (Å²) >= 11 is 1.23. The van der Waals surface area contributed by atoms with Crippen molar-refractivity contribution in [1.82, 2.24) is 9.59 Å². The van der Waals surface area contributed by atoms with Crippen LogP contribution in [0.3, 0.4) is 0 Å². The molecule has 2 rings (SSSR count). The monoisotopic (exact) mass is 297 g/mol. The van der Waals surface area contributed by atoms with Crippen molar-refractivity contribution in [3.8, 4) is 0 Å². The molecule has 1 heterocycles. The van der Waals surface area contributed by atoms with Crippen LogP contribution < -0.4 is 5.73 Å². The molecule has 0 aliphatic rings. The molecule has 6 heteroatoms. The Morgan fingerprint density at radius 3 is 2.60 bits per heavy atom. The van der Waals surface area contributed by atoms with Gasteiger partial charge < -0.3 is 5.73 Å². The highest BCUT2D eigenvalue weighted by Gasteiger charge is 2.26. The largest absolute Gasteiger partial charge is 0.323 e. The highest BCUT2D eigenvalue weighted by Crippen LogP contribution is 2.31. The number of rotatable bonds is 3. The van der Waals surface area contributed by atoms with Gasteiger partial charge in [0.1, 0.15) is 11.6 Å². The third kappa shape index (κ3) is 3.19. The highest BCUT2D eigenvalue weighted by atomic mass is 32.1. The molecule has 2 N–H and O–H groups in total. The van der Waals surface area contributed by atoms with Gasteiger partial charge in [0.2, 0.25) is 0 Å². The summed E-state index contributed by atoms with van der Waals surface area (Å²) < 4.78 is 30.5. The van der Waals surface area contributed by atoms with Crippen LogP contribution >= 0.6 is 11.5 Å². The zero-order valence-electron chi connectivity index (χ0n) is 11.7. The molecule has 108 valence electrons. The number of aromatic nitrogens is 2. The standard InChI is InChI=1S/C14H17F2N3S/c1-14(2,3)13-12(20-19-18-13)11(17)6-8-4-5-9(15)7-10(8)16/h4-5,7,11H,6,17H2,1-3H3. The van der Waals surface area contributed by atoms with E-state index in [1.807, 2.05) is 20.8 Å². The van der Waals surface area contributed by atoms with E-state index in [1.165, 1.54) is 23.7 Å². The first-order valence-corrected chi connectivity index (χ1v) is 7.08. The van der Waals surface area contributed by atoms with Gasteiger partial charge in [0.15, 0.2) is 0 Å². The van der Waals surface area contributed by atoms with E-state index in [1.54, 1.807) is 0 Å². The van der Waals surface area contributed by atoms with Gasteiger partial charge in [-0.2, -0.15) is 0 Å². The quantitative estimate of drug-likeness (QED) is 0.945. The average molecular weight is 297 g/mol. The van der Waals surface area contributed by atoms with Crippen LogP contribution in [0.15, 0.2) is 18.2 Å². The maximum atomic E-state index is 13.7. The number of nitrogens with two attached hydrogens (primary N) is 1. The number of hydrogen-bond donors (Lipinski definition) is 1. The van der Waals surface area contributed by atoms with Crippen LogP contribution in [0.4, 0.5) is 8.78 Å². The second kappa shape index (κ2) is 5.54. The van der Waals surface area contributed by atoms with Gasteiger partial charge in [0.25, 0.3) is 0 Å². The minimum atomic E-state index is -0.588. The fourth-order valence-electron chi connectivity index (χ4n) is 1.98. The van der Waals surface area contributed by atoms with E-state index in [0.29, 0.717) is 12.0 Å². The van der Waals surface area contributed by atoms with Gasteiger partial charge in [-0.25, -0.2) is 8.78 Å². The van der Waals surface area contributed by atoms with Gasteiger partial charge in [-0.3, -0.25) is 0 Å². The fraction of sp³-hybridized carbons (Fsp3) is 0.429. The zero-order chi connectivity index (χ0) is 14.9. The van der Waals surface area contributed by atoms with Crippen molar-refractivity contribution >= 4 is 11.5 Å². The van der Waals surface area contributed by atoms with Crippen LogP contribution in [0.5, 0.6) is 0 Å². The van der Waals surface area contributed by atoms with E-state index >= 15 is 0 Å². The average Bonchev–Trinajstić information content (AvgIpc) is 2.81. The Bertz CT molecular complexity index is 605. The molecule has 1 aromatic carbocycles. The van der Waals surface area contributed by atoms with E-state index in [9.17, 15) is 8.78 Å². The maximum Gasteiger partial charge on any atom is 0.129 e. The summed E-state index contributed by atoms with van der Waals surface area (Å²) in [7, 11) is 0. The molecular formula is C14H17F2N3S. The maximum absolute atomic E-state index is 13.7. The van der Waals surface area contributed by atoms with Gasteiger partial charge in [0, 0.05) is 17.5 Å². The van der Waals surface area contributed by atoms with Gasteiger partial charge in [-0.15, -0.1) is 5.10 Å². The van der Waals surface area contributed by atoms with Gasteiger partial charge in [-0.1, -0.05) is 31.3 Å². The van der Waals surface area contributed by atoms with Crippen LogP contribution in [0, 0.1) is 11.6 Å². The minimum Gasteiger partial charge on any atom is -0.323 e. The first-order valence-electron chi connectivity index (χ1n) is 6.31. The number of benzene rings is 1. The summed E-state index contributed by atoms with van der Waals surface area (Å²) in [5.74, 6) is -1.16. The van der Waals surface area contributed by atoms with Crippen molar-refractivity contribution in [1.29, 1.82) is 0 Å². The third-order valence-corrected chi connectivity index (χ3v) is 3.87. The summed E-state index contributed by atoms with van der Waals surface area (Å²) in [6.07, 6.45) is 0.291. The molecule has 0 saturated heterocycles. The predicted octanol–water partition coefficient (Wildman–Crippen LogP) is 3.36. The molecule has 0 aliphatic carbocycles. The Labute approximate surface area is 121 Å². The third-order valence-electron chi connectivity index (χ3n) is 3.02. The first kappa shape index (κ1) is 15.0. The Morgan fingerprint density at radius 1 is 1.30 bits per heavy atom. The highest BCUT2D eigenvalue weighted by molar-refractivity contribution is 7.05. The Hall–Kier alpha value is -1.40. The number of nitrogens with zero attached hydrogens (tertiary/aromatic N) is 2. The lowest BCUT2D eigenvalue weighted by molar-refractivity contribution is 0.543. The molecule has 0 spiro atoms. The molecule has 1 aromatic heterocycles. The summed E-state index contributed by atoms with van der Waals surface area (Å²) in [6.45, 7) is 6.08. The van der Waals surface area contributed by atoms with Gasteiger partial charge in [0.05, 0.1) is 10.6 Å². The van der Waals surface area contributed by atoms with Gasteiger partial charge >= 0.3 is 0 Å².